The second-order valence-corrected chi connectivity index (χ2v) is 4.51. The zero-order valence-electron chi connectivity index (χ0n) is 10.2. The van der Waals surface area contributed by atoms with Gasteiger partial charge in [0.15, 0.2) is 6.23 Å². The van der Waals surface area contributed by atoms with E-state index in [9.17, 15) is 9.59 Å². The summed E-state index contributed by atoms with van der Waals surface area (Å²) < 4.78 is 5.29. The van der Waals surface area contributed by atoms with Gasteiger partial charge in [0.05, 0.1) is 0 Å². The van der Waals surface area contributed by atoms with Crippen LogP contribution in [0.5, 0.6) is 0 Å². The molecule has 1 heterocycles. The van der Waals surface area contributed by atoms with Gasteiger partial charge in [0.2, 0.25) is 5.91 Å². The van der Waals surface area contributed by atoms with E-state index in [0.717, 1.165) is 6.42 Å². The van der Waals surface area contributed by atoms with Crippen LogP contribution in [-0.4, -0.2) is 29.5 Å². The van der Waals surface area contributed by atoms with Gasteiger partial charge < -0.3 is 9.64 Å². The molecule has 1 atom stereocenters. The van der Waals surface area contributed by atoms with Crippen LogP contribution in [0.1, 0.15) is 33.6 Å². The quantitative estimate of drug-likeness (QED) is 0.540. The number of ether oxygens (including phenoxy) is 1. The molecule has 0 N–H and O–H groups in total. The summed E-state index contributed by atoms with van der Waals surface area (Å²) in [5.41, 5.74) is 0.359. The minimum Gasteiger partial charge on any atom is -0.438 e. The summed E-state index contributed by atoms with van der Waals surface area (Å²) in [5, 5.41) is 0. The number of likely N-dealkylation sites (tertiary alicyclic amines) is 1. The molecule has 0 bridgehead atoms. The number of nitrogens with zero attached hydrogens (tertiary/aromatic N) is 1. The van der Waals surface area contributed by atoms with E-state index >= 15 is 0 Å². The summed E-state index contributed by atoms with van der Waals surface area (Å²) in [7, 11) is 0. The second kappa shape index (κ2) is 5.14. The average Bonchev–Trinajstić information content (AvgIpc) is 2.59. The van der Waals surface area contributed by atoms with E-state index in [0.29, 0.717) is 18.5 Å². The van der Waals surface area contributed by atoms with Gasteiger partial charge in [-0.25, -0.2) is 4.79 Å². The monoisotopic (exact) mass is 225 g/mol. The van der Waals surface area contributed by atoms with Crippen molar-refractivity contribution in [1.82, 2.24) is 4.90 Å². The zero-order valence-corrected chi connectivity index (χ0v) is 10.2. The molecule has 1 rings (SSSR count). The Morgan fingerprint density at radius 3 is 2.50 bits per heavy atom. The van der Waals surface area contributed by atoms with Crippen LogP contribution in [0.15, 0.2) is 12.2 Å². The van der Waals surface area contributed by atoms with E-state index in [1.54, 1.807) is 11.8 Å². The van der Waals surface area contributed by atoms with Gasteiger partial charge in [-0.05, 0) is 13.3 Å². The van der Waals surface area contributed by atoms with Crippen molar-refractivity contribution in [2.75, 3.05) is 6.54 Å². The summed E-state index contributed by atoms with van der Waals surface area (Å²) in [5.74, 6) is -0.281. The summed E-state index contributed by atoms with van der Waals surface area (Å²) >= 11 is 0. The number of carbonyl (C=O) groups is 2. The Labute approximate surface area is 96.3 Å². The highest BCUT2D eigenvalue weighted by Gasteiger charge is 2.32. The Bertz CT molecular complexity index is 309. The molecule has 0 aromatic heterocycles. The average molecular weight is 225 g/mol. The third kappa shape index (κ3) is 2.84. The van der Waals surface area contributed by atoms with Crippen molar-refractivity contribution in [3.05, 3.63) is 12.2 Å². The Morgan fingerprint density at radius 1 is 1.50 bits per heavy atom. The summed E-state index contributed by atoms with van der Waals surface area (Å²) in [4.78, 5) is 24.7. The molecule has 1 aliphatic heterocycles. The molecular weight excluding hydrogens is 206 g/mol. The molecule has 4 nitrogen and oxygen atoms in total. The van der Waals surface area contributed by atoms with Gasteiger partial charge in [0.25, 0.3) is 0 Å². The molecule has 1 amide bonds. The van der Waals surface area contributed by atoms with Crippen molar-refractivity contribution in [2.24, 2.45) is 5.92 Å². The molecule has 0 saturated carbocycles. The molecule has 1 fully saturated rings. The van der Waals surface area contributed by atoms with Gasteiger partial charge in [-0.2, -0.15) is 0 Å². The van der Waals surface area contributed by atoms with Crippen LogP contribution in [0.25, 0.3) is 0 Å². The number of carbonyl (C=O) groups excluding carboxylic acids is 2. The van der Waals surface area contributed by atoms with E-state index in [1.165, 1.54) is 0 Å². The Hall–Kier alpha value is -1.32. The fraction of sp³-hybridized carbons (Fsp3) is 0.667. The first-order chi connectivity index (χ1) is 7.43. The Balaban J connectivity index is 2.71. The van der Waals surface area contributed by atoms with Crippen LogP contribution in [0.3, 0.4) is 0 Å². The van der Waals surface area contributed by atoms with Crippen LogP contribution in [-0.2, 0) is 14.3 Å². The van der Waals surface area contributed by atoms with E-state index in [-0.39, 0.29) is 11.8 Å². The molecule has 1 aliphatic rings. The molecule has 0 aromatic rings. The first kappa shape index (κ1) is 12.7. The number of esters is 1. The highest BCUT2D eigenvalue weighted by atomic mass is 16.6. The standard InChI is InChI=1S/C12H19NO3/c1-8(2)11(16-12(15)9(3)4)13-7-5-6-10(13)14/h8,11H,3,5-7H2,1-2,4H3. The van der Waals surface area contributed by atoms with Gasteiger partial charge in [-0.1, -0.05) is 20.4 Å². The molecule has 1 saturated heterocycles. The molecule has 1 unspecified atom stereocenters. The zero-order chi connectivity index (χ0) is 12.3. The lowest BCUT2D eigenvalue weighted by atomic mass is 10.1. The van der Waals surface area contributed by atoms with Gasteiger partial charge in [0.1, 0.15) is 0 Å². The SMILES string of the molecule is C=C(C)C(=O)OC(C(C)C)N1CCCC1=O. The highest BCUT2D eigenvalue weighted by molar-refractivity contribution is 5.87. The third-order valence-corrected chi connectivity index (χ3v) is 2.56. The smallest absolute Gasteiger partial charge is 0.335 e. The van der Waals surface area contributed by atoms with E-state index in [4.69, 9.17) is 4.74 Å². The molecule has 0 aliphatic carbocycles. The molecule has 90 valence electrons. The normalized spacial score (nSPS) is 17.8. The van der Waals surface area contributed by atoms with Crippen LogP contribution >= 0.6 is 0 Å². The molecule has 4 heteroatoms. The van der Waals surface area contributed by atoms with Gasteiger partial charge in [-0.3, -0.25) is 4.79 Å². The van der Waals surface area contributed by atoms with Crippen LogP contribution in [0.4, 0.5) is 0 Å². The minimum absolute atomic E-state index is 0.0632. The van der Waals surface area contributed by atoms with Crippen molar-refractivity contribution >= 4 is 11.9 Å². The highest BCUT2D eigenvalue weighted by Crippen LogP contribution is 2.20. The lowest BCUT2D eigenvalue weighted by Crippen LogP contribution is -2.43. The fourth-order valence-electron chi connectivity index (χ4n) is 1.71. The van der Waals surface area contributed by atoms with Crippen LogP contribution in [0, 0.1) is 5.92 Å². The van der Waals surface area contributed by atoms with Crippen LogP contribution < -0.4 is 0 Å². The summed E-state index contributed by atoms with van der Waals surface area (Å²) in [6, 6.07) is 0. The predicted molar refractivity (Wildman–Crippen MR) is 60.5 cm³/mol. The second-order valence-electron chi connectivity index (χ2n) is 4.51. The number of amides is 1. The molecule has 16 heavy (non-hydrogen) atoms. The Morgan fingerprint density at radius 2 is 2.12 bits per heavy atom. The Kier molecular flexibility index (Phi) is 4.10. The predicted octanol–water partition coefficient (Wildman–Crippen LogP) is 1.71. The van der Waals surface area contributed by atoms with Crippen LogP contribution in [0.2, 0.25) is 0 Å². The third-order valence-electron chi connectivity index (χ3n) is 2.56. The van der Waals surface area contributed by atoms with Crippen molar-refractivity contribution in [1.29, 1.82) is 0 Å². The maximum Gasteiger partial charge on any atom is 0.335 e. The summed E-state index contributed by atoms with van der Waals surface area (Å²) in [6.07, 6.45) is 0.930. The van der Waals surface area contributed by atoms with E-state index in [2.05, 4.69) is 6.58 Å². The first-order valence-electron chi connectivity index (χ1n) is 5.59. The molecule has 0 aromatic carbocycles. The maximum absolute atomic E-state index is 11.6. The number of hydrogen-bond donors (Lipinski definition) is 0. The lowest BCUT2D eigenvalue weighted by molar-refractivity contribution is -0.163. The molecule has 0 spiro atoms. The van der Waals surface area contributed by atoms with E-state index < -0.39 is 12.2 Å². The largest absolute Gasteiger partial charge is 0.438 e. The van der Waals surface area contributed by atoms with Gasteiger partial charge in [0, 0.05) is 24.5 Å². The summed E-state index contributed by atoms with van der Waals surface area (Å²) in [6.45, 7) is 9.67. The topological polar surface area (TPSA) is 46.6 Å². The van der Waals surface area contributed by atoms with Gasteiger partial charge in [-0.15, -0.1) is 0 Å². The van der Waals surface area contributed by atoms with Crippen molar-refractivity contribution in [3.8, 4) is 0 Å². The number of hydrogen-bond acceptors (Lipinski definition) is 3. The fourth-order valence-corrected chi connectivity index (χ4v) is 1.71. The van der Waals surface area contributed by atoms with E-state index in [1.807, 2.05) is 13.8 Å². The molecule has 0 radical (unpaired) electrons. The van der Waals surface area contributed by atoms with Crippen molar-refractivity contribution in [3.63, 3.8) is 0 Å². The number of rotatable bonds is 4. The van der Waals surface area contributed by atoms with Gasteiger partial charge >= 0.3 is 5.97 Å². The lowest BCUT2D eigenvalue weighted by Gasteiger charge is -2.30. The maximum atomic E-state index is 11.6. The first-order valence-corrected chi connectivity index (χ1v) is 5.59. The minimum atomic E-state index is -0.459. The molecular formula is C12H19NO3. The van der Waals surface area contributed by atoms with Crippen molar-refractivity contribution in [2.45, 2.75) is 39.8 Å². The van der Waals surface area contributed by atoms with Crippen molar-refractivity contribution < 1.29 is 14.3 Å².